The van der Waals surface area contributed by atoms with Crippen LogP contribution in [-0.4, -0.2) is 5.33 Å². The molecule has 0 amide bonds. The molecule has 0 saturated carbocycles. The van der Waals surface area contributed by atoms with Crippen LogP contribution in [0.2, 0.25) is 5.02 Å². The molecule has 13 heavy (non-hydrogen) atoms. The van der Waals surface area contributed by atoms with Gasteiger partial charge >= 0.3 is 0 Å². The lowest BCUT2D eigenvalue weighted by atomic mass is 9.99. The summed E-state index contributed by atoms with van der Waals surface area (Å²) < 4.78 is 0. The number of hydrogen-bond donors (Lipinski definition) is 0. The van der Waals surface area contributed by atoms with Crippen LogP contribution in [0, 0.1) is 5.92 Å². The van der Waals surface area contributed by atoms with Gasteiger partial charge in [-0.3, -0.25) is 0 Å². The molecule has 0 radical (unpaired) electrons. The fourth-order valence-corrected chi connectivity index (χ4v) is 2.18. The van der Waals surface area contributed by atoms with Crippen LogP contribution in [0.15, 0.2) is 24.3 Å². The molecule has 1 atom stereocenters. The summed E-state index contributed by atoms with van der Waals surface area (Å²) in [5.74, 6) is 0.694. The summed E-state index contributed by atoms with van der Waals surface area (Å²) in [5, 5.41) is 1.94. The zero-order valence-corrected chi connectivity index (χ0v) is 10.1. The van der Waals surface area contributed by atoms with Gasteiger partial charge in [0.25, 0.3) is 0 Å². The van der Waals surface area contributed by atoms with Gasteiger partial charge in [-0.2, -0.15) is 0 Å². The summed E-state index contributed by atoms with van der Waals surface area (Å²) >= 11 is 9.58. The smallest absolute Gasteiger partial charge is 0.0438 e. The summed E-state index contributed by atoms with van der Waals surface area (Å²) in [7, 11) is 0. The number of halogens is 2. The van der Waals surface area contributed by atoms with E-state index in [1.165, 1.54) is 12.0 Å². The van der Waals surface area contributed by atoms with E-state index in [0.29, 0.717) is 5.92 Å². The maximum Gasteiger partial charge on any atom is 0.0438 e. The molecule has 0 aromatic heterocycles. The molecule has 1 rings (SSSR count). The predicted molar refractivity (Wildman–Crippen MR) is 62.7 cm³/mol. The Hall–Kier alpha value is -0.0100. The molecular formula is C11H14BrCl. The largest absolute Gasteiger partial charge is 0.0925 e. The summed E-state index contributed by atoms with van der Waals surface area (Å²) in [6, 6.07) is 8.08. The van der Waals surface area contributed by atoms with Gasteiger partial charge in [0.15, 0.2) is 0 Å². The van der Waals surface area contributed by atoms with Gasteiger partial charge in [-0.15, -0.1) is 0 Å². The molecule has 0 spiro atoms. The average molecular weight is 262 g/mol. The van der Waals surface area contributed by atoms with Gasteiger partial charge in [0.2, 0.25) is 0 Å². The van der Waals surface area contributed by atoms with Crippen LogP contribution in [0.1, 0.15) is 18.9 Å². The lowest BCUT2D eigenvalue weighted by molar-refractivity contribution is 0.574. The highest BCUT2D eigenvalue weighted by atomic mass is 79.9. The zero-order chi connectivity index (χ0) is 9.68. The maximum atomic E-state index is 6.07. The van der Waals surface area contributed by atoms with Crippen molar-refractivity contribution in [1.82, 2.24) is 0 Å². The van der Waals surface area contributed by atoms with E-state index >= 15 is 0 Å². The van der Waals surface area contributed by atoms with Crippen LogP contribution in [-0.2, 0) is 6.42 Å². The van der Waals surface area contributed by atoms with E-state index in [2.05, 4.69) is 28.9 Å². The van der Waals surface area contributed by atoms with E-state index < -0.39 is 0 Å². The fourth-order valence-electron chi connectivity index (χ4n) is 1.28. The first-order valence-corrected chi connectivity index (χ1v) is 6.07. The number of hydrogen-bond acceptors (Lipinski definition) is 0. The van der Waals surface area contributed by atoms with Gasteiger partial charge in [-0.05, 0) is 24.0 Å². The van der Waals surface area contributed by atoms with E-state index in [1.54, 1.807) is 0 Å². The Bertz CT molecular complexity index is 256. The summed E-state index contributed by atoms with van der Waals surface area (Å²) in [6.45, 7) is 2.21. The van der Waals surface area contributed by atoms with Gasteiger partial charge < -0.3 is 0 Å². The average Bonchev–Trinajstić information content (AvgIpc) is 2.17. The Morgan fingerprint density at radius 2 is 2.08 bits per heavy atom. The molecular weight excluding hydrogens is 247 g/mol. The van der Waals surface area contributed by atoms with E-state index in [9.17, 15) is 0 Å². The third-order valence-electron chi connectivity index (χ3n) is 2.26. The summed E-state index contributed by atoms with van der Waals surface area (Å²) in [5.41, 5.74) is 1.26. The SMILES string of the molecule is CCC(CBr)Cc1ccccc1Cl. The maximum absolute atomic E-state index is 6.07. The fraction of sp³-hybridized carbons (Fsp3) is 0.455. The molecule has 0 aliphatic carbocycles. The normalized spacial score (nSPS) is 12.8. The number of benzene rings is 1. The number of rotatable bonds is 4. The van der Waals surface area contributed by atoms with Gasteiger partial charge in [-0.25, -0.2) is 0 Å². The molecule has 2 heteroatoms. The highest BCUT2D eigenvalue weighted by Crippen LogP contribution is 2.21. The van der Waals surface area contributed by atoms with Crippen molar-refractivity contribution in [3.63, 3.8) is 0 Å². The third kappa shape index (κ3) is 3.32. The van der Waals surface area contributed by atoms with Crippen LogP contribution in [0.4, 0.5) is 0 Å². The Kier molecular flexibility index (Phi) is 4.82. The Morgan fingerprint density at radius 1 is 1.38 bits per heavy atom. The van der Waals surface area contributed by atoms with Crippen molar-refractivity contribution in [2.24, 2.45) is 5.92 Å². The molecule has 1 aromatic rings. The lowest BCUT2D eigenvalue weighted by Crippen LogP contribution is -2.04. The van der Waals surface area contributed by atoms with Crippen molar-refractivity contribution in [1.29, 1.82) is 0 Å². The molecule has 0 N–H and O–H groups in total. The van der Waals surface area contributed by atoms with Crippen molar-refractivity contribution in [3.05, 3.63) is 34.9 Å². The standard InChI is InChI=1S/C11H14BrCl/c1-2-9(8-12)7-10-5-3-4-6-11(10)13/h3-6,9H,2,7-8H2,1H3. The Balaban J connectivity index is 2.67. The van der Waals surface area contributed by atoms with E-state index in [1.807, 2.05) is 18.2 Å². The monoisotopic (exact) mass is 260 g/mol. The third-order valence-corrected chi connectivity index (χ3v) is 3.55. The molecule has 0 heterocycles. The lowest BCUT2D eigenvalue weighted by Gasteiger charge is -2.11. The first-order valence-electron chi connectivity index (χ1n) is 4.57. The van der Waals surface area contributed by atoms with E-state index in [0.717, 1.165) is 16.8 Å². The van der Waals surface area contributed by atoms with Crippen LogP contribution in [0.5, 0.6) is 0 Å². The highest BCUT2D eigenvalue weighted by molar-refractivity contribution is 9.09. The first-order chi connectivity index (χ1) is 6.27. The van der Waals surface area contributed by atoms with Crippen LogP contribution < -0.4 is 0 Å². The van der Waals surface area contributed by atoms with Crippen molar-refractivity contribution in [2.75, 3.05) is 5.33 Å². The second-order valence-electron chi connectivity index (χ2n) is 3.22. The molecule has 0 aliphatic heterocycles. The minimum Gasteiger partial charge on any atom is -0.0925 e. The van der Waals surface area contributed by atoms with E-state index in [4.69, 9.17) is 11.6 Å². The van der Waals surface area contributed by atoms with Gasteiger partial charge in [0.05, 0.1) is 0 Å². The molecule has 1 unspecified atom stereocenters. The van der Waals surface area contributed by atoms with E-state index in [-0.39, 0.29) is 0 Å². The molecule has 0 nitrogen and oxygen atoms in total. The topological polar surface area (TPSA) is 0 Å². The molecule has 72 valence electrons. The van der Waals surface area contributed by atoms with Crippen LogP contribution in [0.3, 0.4) is 0 Å². The van der Waals surface area contributed by atoms with Gasteiger partial charge in [0.1, 0.15) is 0 Å². The Morgan fingerprint density at radius 3 is 2.62 bits per heavy atom. The minimum atomic E-state index is 0.694. The quantitative estimate of drug-likeness (QED) is 0.709. The number of alkyl halides is 1. The van der Waals surface area contributed by atoms with Crippen molar-refractivity contribution in [3.8, 4) is 0 Å². The molecule has 0 bridgehead atoms. The van der Waals surface area contributed by atoms with Crippen LogP contribution in [0.25, 0.3) is 0 Å². The van der Waals surface area contributed by atoms with Gasteiger partial charge in [0, 0.05) is 10.4 Å². The molecule has 0 saturated heterocycles. The molecule has 1 aromatic carbocycles. The van der Waals surface area contributed by atoms with Crippen molar-refractivity contribution in [2.45, 2.75) is 19.8 Å². The second kappa shape index (κ2) is 5.66. The summed E-state index contributed by atoms with van der Waals surface area (Å²) in [6.07, 6.45) is 2.26. The Labute approximate surface area is 93.4 Å². The second-order valence-corrected chi connectivity index (χ2v) is 4.28. The molecule has 0 fully saturated rings. The van der Waals surface area contributed by atoms with Gasteiger partial charge in [-0.1, -0.05) is 59.1 Å². The van der Waals surface area contributed by atoms with Crippen LogP contribution >= 0.6 is 27.5 Å². The molecule has 0 aliphatic rings. The highest BCUT2D eigenvalue weighted by Gasteiger charge is 2.07. The first kappa shape index (κ1) is 11.1. The summed E-state index contributed by atoms with van der Waals surface area (Å²) in [4.78, 5) is 0. The zero-order valence-electron chi connectivity index (χ0n) is 7.76. The van der Waals surface area contributed by atoms with Crippen molar-refractivity contribution < 1.29 is 0 Å². The minimum absolute atomic E-state index is 0.694. The van der Waals surface area contributed by atoms with Crippen molar-refractivity contribution >= 4 is 27.5 Å². The predicted octanol–water partition coefficient (Wildman–Crippen LogP) is 4.30.